The minimum absolute atomic E-state index is 0.206. The van der Waals surface area contributed by atoms with E-state index in [9.17, 15) is 19.5 Å². The molecule has 0 bridgehead atoms. The number of rotatable bonds is 2. The van der Waals surface area contributed by atoms with Crippen molar-refractivity contribution in [2.45, 2.75) is 37.2 Å². The predicted molar refractivity (Wildman–Crippen MR) is 72.3 cm³/mol. The van der Waals surface area contributed by atoms with Crippen LogP contribution >= 0.6 is 11.8 Å². The van der Waals surface area contributed by atoms with E-state index in [1.165, 1.54) is 28.7 Å². The highest BCUT2D eigenvalue weighted by Gasteiger charge is 2.45. The van der Waals surface area contributed by atoms with E-state index in [2.05, 4.69) is 0 Å². The van der Waals surface area contributed by atoms with Crippen LogP contribution in [0, 0.1) is 0 Å². The van der Waals surface area contributed by atoms with Crippen molar-refractivity contribution >= 4 is 29.7 Å². The minimum atomic E-state index is -1.01. The lowest BCUT2D eigenvalue weighted by atomic mass is 10.2. The summed E-state index contributed by atoms with van der Waals surface area (Å²) >= 11 is 1.43. The van der Waals surface area contributed by atoms with Gasteiger partial charge in [0, 0.05) is 12.3 Å². The fourth-order valence-electron chi connectivity index (χ4n) is 2.65. The number of amides is 2. The molecule has 3 atom stereocenters. The SMILES string of the molecule is COC(=O)C1CCCN1C(=O)N1C(C)SCC1C(=O)O. The number of ether oxygens (including phenoxy) is 1. The summed E-state index contributed by atoms with van der Waals surface area (Å²) in [6, 6.07) is -1.82. The van der Waals surface area contributed by atoms with Crippen LogP contribution in [-0.2, 0) is 14.3 Å². The third-order valence-corrected chi connectivity index (χ3v) is 4.92. The second kappa shape index (κ2) is 5.90. The van der Waals surface area contributed by atoms with E-state index < -0.39 is 24.0 Å². The van der Waals surface area contributed by atoms with Crippen LogP contribution in [0.15, 0.2) is 0 Å². The summed E-state index contributed by atoms with van der Waals surface area (Å²) in [5.41, 5.74) is 0. The molecule has 3 unspecified atom stereocenters. The molecular formula is C12H18N2O5S. The number of carbonyl (C=O) groups excluding carboxylic acids is 2. The summed E-state index contributed by atoms with van der Waals surface area (Å²) in [7, 11) is 1.29. The molecule has 2 rings (SSSR count). The summed E-state index contributed by atoms with van der Waals surface area (Å²) < 4.78 is 4.71. The highest BCUT2D eigenvalue weighted by atomic mass is 32.2. The van der Waals surface area contributed by atoms with Gasteiger partial charge in [-0.2, -0.15) is 0 Å². The Hall–Kier alpha value is -1.44. The molecule has 2 heterocycles. The standard InChI is InChI=1S/C12H18N2O5S/c1-7-14(9(6-20-7)10(15)16)12(18)13-5-3-4-8(13)11(17)19-2/h7-9H,3-6H2,1-2H3,(H,15,16). The van der Waals surface area contributed by atoms with Gasteiger partial charge in [0.2, 0.25) is 0 Å². The number of aliphatic carboxylic acids is 1. The van der Waals surface area contributed by atoms with Crippen molar-refractivity contribution in [3.05, 3.63) is 0 Å². The number of urea groups is 1. The number of hydrogen-bond donors (Lipinski definition) is 1. The van der Waals surface area contributed by atoms with Gasteiger partial charge >= 0.3 is 18.0 Å². The summed E-state index contributed by atoms with van der Waals surface area (Å²) in [5.74, 6) is -1.08. The van der Waals surface area contributed by atoms with Crippen molar-refractivity contribution in [1.82, 2.24) is 9.80 Å². The number of hydrogen-bond acceptors (Lipinski definition) is 5. The fraction of sp³-hybridized carbons (Fsp3) is 0.750. The molecule has 0 aromatic rings. The Morgan fingerprint density at radius 1 is 1.30 bits per heavy atom. The van der Waals surface area contributed by atoms with Crippen LogP contribution in [0.3, 0.4) is 0 Å². The molecule has 8 heteroatoms. The average molecular weight is 302 g/mol. The van der Waals surface area contributed by atoms with Crippen molar-refractivity contribution in [3.63, 3.8) is 0 Å². The molecule has 0 spiro atoms. The number of carboxylic acid groups (broad SMARTS) is 1. The molecule has 2 saturated heterocycles. The molecule has 20 heavy (non-hydrogen) atoms. The van der Waals surface area contributed by atoms with Crippen LogP contribution in [-0.4, -0.2) is 69.7 Å². The van der Waals surface area contributed by atoms with Gasteiger partial charge in [-0.05, 0) is 19.8 Å². The molecule has 0 aliphatic carbocycles. The molecule has 2 aliphatic rings. The van der Waals surface area contributed by atoms with Crippen LogP contribution < -0.4 is 0 Å². The van der Waals surface area contributed by atoms with Gasteiger partial charge in [-0.3, -0.25) is 4.90 Å². The van der Waals surface area contributed by atoms with E-state index in [1.54, 1.807) is 6.92 Å². The maximum Gasteiger partial charge on any atom is 0.328 e. The number of thioether (sulfide) groups is 1. The number of methoxy groups -OCH3 is 1. The maximum absolute atomic E-state index is 12.6. The van der Waals surface area contributed by atoms with Gasteiger partial charge < -0.3 is 14.7 Å². The molecule has 0 radical (unpaired) electrons. The second-order valence-electron chi connectivity index (χ2n) is 4.85. The molecule has 7 nitrogen and oxygen atoms in total. The number of carbonyl (C=O) groups is 3. The maximum atomic E-state index is 12.6. The Labute approximate surface area is 121 Å². The van der Waals surface area contributed by atoms with Crippen LogP contribution in [0.4, 0.5) is 4.79 Å². The van der Waals surface area contributed by atoms with Gasteiger partial charge in [-0.1, -0.05) is 0 Å². The van der Waals surface area contributed by atoms with Crippen LogP contribution in [0.25, 0.3) is 0 Å². The number of likely N-dealkylation sites (tertiary alicyclic amines) is 1. The summed E-state index contributed by atoms with van der Waals surface area (Å²) in [6.45, 7) is 2.26. The second-order valence-corrected chi connectivity index (χ2v) is 6.20. The highest BCUT2D eigenvalue weighted by Crippen LogP contribution is 2.31. The lowest BCUT2D eigenvalue weighted by molar-refractivity contribution is -0.145. The molecule has 0 aromatic carbocycles. The van der Waals surface area contributed by atoms with Crippen molar-refractivity contribution in [2.24, 2.45) is 0 Å². The van der Waals surface area contributed by atoms with Crippen LogP contribution in [0.5, 0.6) is 0 Å². The Morgan fingerprint density at radius 2 is 2.00 bits per heavy atom. The molecule has 0 aromatic heterocycles. The first kappa shape index (κ1) is 15.0. The van der Waals surface area contributed by atoms with E-state index in [4.69, 9.17) is 4.74 Å². The first-order valence-electron chi connectivity index (χ1n) is 6.48. The normalized spacial score (nSPS) is 29.6. The lowest BCUT2D eigenvalue weighted by Gasteiger charge is -2.32. The first-order valence-corrected chi connectivity index (χ1v) is 7.53. The van der Waals surface area contributed by atoms with Gasteiger partial charge in [0.25, 0.3) is 0 Å². The molecule has 1 N–H and O–H groups in total. The van der Waals surface area contributed by atoms with Gasteiger partial charge in [-0.25, -0.2) is 14.4 Å². The van der Waals surface area contributed by atoms with Crippen molar-refractivity contribution in [3.8, 4) is 0 Å². The summed E-state index contributed by atoms with van der Waals surface area (Å²) in [4.78, 5) is 38.3. The highest BCUT2D eigenvalue weighted by molar-refractivity contribution is 8.00. The molecular weight excluding hydrogens is 284 g/mol. The third kappa shape index (κ3) is 2.56. The van der Waals surface area contributed by atoms with E-state index in [1.807, 2.05) is 0 Å². The molecule has 112 valence electrons. The summed E-state index contributed by atoms with van der Waals surface area (Å²) in [5, 5.41) is 8.99. The van der Waals surface area contributed by atoms with E-state index in [-0.39, 0.29) is 11.4 Å². The topological polar surface area (TPSA) is 87.2 Å². The molecule has 0 saturated carbocycles. The zero-order valence-corrected chi connectivity index (χ0v) is 12.3. The Bertz CT molecular complexity index is 430. The molecule has 2 aliphatic heterocycles. The third-order valence-electron chi connectivity index (χ3n) is 3.70. The molecule has 2 fully saturated rings. The fourth-order valence-corrected chi connectivity index (χ4v) is 3.81. The Morgan fingerprint density at radius 3 is 2.60 bits per heavy atom. The average Bonchev–Trinajstić information content (AvgIpc) is 3.03. The van der Waals surface area contributed by atoms with E-state index >= 15 is 0 Å². The minimum Gasteiger partial charge on any atom is -0.480 e. The van der Waals surface area contributed by atoms with Gasteiger partial charge in [0.15, 0.2) is 0 Å². The zero-order valence-electron chi connectivity index (χ0n) is 11.4. The number of nitrogens with zero attached hydrogens (tertiary/aromatic N) is 2. The first-order chi connectivity index (χ1) is 9.47. The van der Waals surface area contributed by atoms with Crippen molar-refractivity contribution in [2.75, 3.05) is 19.4 Å². The van der Waals surface area contributed by atoms with Crippen LogP contribution in [0.1, 0.15) is 19.8 Å². The lowest BCUT2D eigenvalue weighted by Crippen LogP contribution is -2.53. The van der Waals surface area contributed by atoms with Gasteiger partial charge in [-0.15, -0.1) is 11.8 Å². The predicted octanol–water partition coefficient (Wildman–Crippen LogP) is 0.592. The van der Waals surface area contributed by atoms with Gasteiger partial charge in [0.1, 0.15) is 12.1 Å². The van der Waals surface area contributed by atoms with Crippen LogP contribution in [0.2, 0.25) is 0 Å². The number of carboxylic acids is 1. The Kier molecular flexibility index (Phi) is 4.42. The van der Waals surface area contributed by atoms with E-state index in [0.717, 1.165) is 6.42 Å². The smallest absolute Gasteiger partial charge is 0.328 e. The monoisotopic (exact) mass is 302 g/mol. The quantitative estimate of drug-likeness (QED) is 0.751. The summed E-state index contributed by atoms with van der Waals surface area (Å²) in [6.07, 6.45) is 1.28. The molecule has 2 amide bonds. The van der Waals surface area contributed by atoms with Gasteiger partial charge in [0.05, 0.1) is 12.5 Å². The van der Waals surface area contributed by atoms with E-state index in [0.29, 0.717) is 18.7 Å². The largest absolute Gasteiger partial charge is 0.480 e. The number of esters is 1. The Balaban J connectivity index is 2.17. The van der Waals surface area contributed by atoms with Crippen molar-refractivity contribution in [1.29, 1.82) is 0 Å². The zero-order chi connectivity index (χ0) is 14.9. The van der Waals surface area contributed by atoms with Crippen molar-refractivity contribution < 1.29 is 24.2 Å².